The van der Waals surface area contributed by atoms with Gasteiger partial charge in [0.1, 0.15) is 13.4 Å². The van der Waals surface area contributed by atoms with E-state index >= 15 is 0 Å². The number of H-pyrrole nitrogens is 2. The van der Waals surface area contributed by atoms with E-state index in [1.807, 2.05) is 7.05 Å². The van der Waals surface area contributed by atoms with E-state index in [1.165, 1.54) is 4.96 Å². The molecule has 1 rings (SSSR count). The number of nitrogens with one attached hydrogen (secondary N) is 3. The Morgan fingerprint density at radius 3 is 3.00 bits per heavy atom. The second-order valence-electron chi connectivity index (χ2n) is 2.02. The average molecular weight is 177 g/mol. The third kappa shape index (κ3) is 1.94. The largest absolute Gasteiger partial charge is 0.385 e. The van der Waals surface area contributed by atoms with Crippen molar-refractivity contribution < 1.29 is 4.84 Å². The molecule has 0 aromatic carbocycles. The van der Waals surface area contributed by atoms with Crippen LogP contribution >= 0.6 is 10.7 Å². The van der Waals surface area contributed by atoms with E-state index in [0.29, 0.717) is 0 Å². The lowest BCUT2D eigenvalue weighted by molar-refractivity contribution is 0.0997. The molecule has 1 aromatic rings. The Morgan fingerprint density at radius 1 is 1.73 bits per heavy atom. The van der Waals surface area contributed by atoms with Gasteiger partial charge >= 0.3 is 0 Å². The quantitative estimate of drug-likeness (QED) is 0.581. The maximum atomic E-state index is 4.93. The molecule has 0 amide bonds. The molecule has 0 saturated heterocycles. The number of anilines is 1. The van der Waals surface area contributed by atoms with E-state index in [9.17, 15) is 0 Å². The van der Waals surface area contributed by atoms with E-state index < -0.39 is 0 Å². The molecule has 0 aliphatic rings. The average Bonchev–Trinajstić information content (AvgIpc) is 2.03. The third-order valence-corrected chi connectivity index (χ3v) is 2.24. The monoisotopic (exact) mass is 177 g/mol. The minimum Gasteiger partial charge on any atom is -0.385 e. The van der Waals surface area contributed by atoms with Gasteiger partial charge in [-0.15, -0.1) is 0 Å². The molecule has 64 valence electrons. The summed E-state index contributed by atoms with van der Waals surface area (Å²) < 4.78 is 3.04. The number of aromatic nitrogens is 3. The van der Waals surface area contributed by atoms with Crippen molar-refractivity contribution in [2.45, 2.75) is 0 Å². The Hall–Kier alpha value is -1.04. The smallest absolute Gasteiger partial charge is 0.202 e. The molecule has 0 aliphatic heterocycles. The van der Waals surface area contributed by atoms with Gasteiger partial charge in [0.25, 0.3) is 0 Å². The number of nitrogens with zero attached hydrogens (tertiary/aromatic N) is 1. The van der Waals surface area contributed by atoms with Crippen LogP contribution in [-0.4, -0.2) is 28.7 Å². The van der Waals surface area contributed by atoms with Gasteiger partial charge in [0, 0.05) is 7.05 Å². The molecular weight excluding hydrogens is 164 g/mol. The highest BCUT2D eigenvalue weighted by Gasteiger charge is 1.98. The summed E-state index contributed by atoms with van der Waals surface area (Å²) in [4.78, 5) is 6.40. The zero-order valence-electron chi connectivity index (χ0n) is 6.84. The highest BCUT2D eigenvalue weighted by Crippen LogP contribution is 2.09. The van der Waals surface area contributed by atoms with Crippen molar-refractivity contribution in [1.82, 2.24) is 14.5 Å². The fourth-order valence-electron chi connectivity index (χ4n) is 0.690. The van der Waals surface area contributed by atoms with E-state index in [1.54, 1.807) is 7.11 Å². The fourth-order valence-corrected chi connectivity index (χ4v) is 1.65. The third-order valence-electron chi connectivity index (χ3n) is 1.20. The van der Waals surface area contributed by atoms with Crippen LogP contribution in [0, 0.1) is 0 Å². The Balaban J connectivity index is 3.02. The van der Waals surface area contributed by atoms with Crippen LogP contribution in [0.4, 0.5) is 5.82 Å². The maximum Gasteiger partial charge on any atom is 0.202 e. The van der Waals surface area contributed by atoms with Crippen molar-refractivity contribution in [2.24, 2.45) is 6.26 Å². The second kappa shape index (κ2) is 3.38. The highest BCUT2D eigenvalue weighted by atomic mass is 32.2. The SMILES string of the molecule is CNc1c[s+](C)[nH]n(OC)[nH]1. The van der Waals surface area contributed by atoms with Gasteiger partial charge in [-0.1, -0.05) is 4.49 Å². The fraction of sp³-hybridized carbons (Fsp3) is 0.600. The molecular formula is C5H13N4OS+. The molecule has 1 atom stereocenters. The summed E-state index contributed by atoms with van der Waals surface area (Å²) in [6.45, 7) is 0. The van der Waals surface area contributed by atoms with Gasteiger partial charge in [-0.3, -0.25) is 0 Å². The molecule has 11 heavy (non-hydrogen) atoms. The first-order chi connectivity index (χ1) is 5.26. The van der Waals surface area contributed by atoms with Crippen LogP contribution in [0.25, 0.3) is 0 Å². The normalized spacial score (nSPS) is 11.0. The van der Waals surface area contributed by atoms with Crippen LogP contribution in [0.5, 0.6) is 0 Å². The van der Waals surface area contributed by atoms with Crippen molar-refractivity contribution >= 4 is 16.5 Å². The Labute approximate surface area is 67.7 Å². The maximum absolute atomic E-state index is 4.93. The van der Waals surface area contributed by atoms with Crippen molar-refractivity contribution in [1.29, 1.82) is 0 Å². The molecule has 0 aliphatic carbocycles. The molecule has 1 aromatic heterocycles. The van der Waals surface area contributed by atoms with Crippen molar-refractivity contribution in [3.05, 3.63) is 5.38 Å². The van der Waals surface area contributed by atoms with Gasteiger partial charge in [0.15, 0.2) is 5.82 Å². The van der Waals surface area contributed by atoms with Gasteiger partial charge < -0.3 is 10.2 Å². The van der Waals surface area contributed by atoms with Gasteiger partial charge in [0.2, 0.25) is 5.38 Å². The lowest BCUT2D eigenvalue weighted by Crippen LogP contribution is -2.15. The van der Waals surface area contributed by atoms with E-state index in [0.717, 1.165) is 5.82 Å². The predicted molar refractivity (Wildman–Crippen MR) is 46.3 cm³/mol. The molecule has 5 nitrogen and oxygen atoms in total. The van der Waals surface area contributed by atoms with Gasteiger partial charge in [-0.25, -0.2) is 5.10 Å². The van der Waals surface area contributed by atoms with Crippen LogP contribution in [0.2, 0.25) is 0 Å². The first-order valence-electron chi connectivity index (χ1n) is 3.17. The molecule has 0 fully saturated rings. The molecule has 1 unspecified atom stereocenters. The summed E-state index contributed by atoms with van der Waals surface area (Å²) in [6, 6.07) is 0. The summed E-state index contributed by atoms with van der Waals surface area (Å²) in [5, 5.41) is 7.99. The van der Waals surface area contributed by atoms with Crippen LogP contribution in [0.1, 0.15) is 0 Å². The lowest BCUT2D eigenvalue weighted by atomic mass is 10.8. The Kier molecular flexibility index (Phi) is 2.48. The second-order valence-corrected chi connectivity index (χ2v) is 3.55. The van der Waals surface area contributed by atoms with Crippen molar-refractivity contribution in [2.75, 3.05) is 19.5 Å². The predicted octanol–water partition coefficient (Wildman–Crippen LogP) is 0.655. The van der Waals surface area contributed by atoms with Crippen LogP contribution in [-0.2, 0) is 6.26 Å². The zero-order chi connectivity index (χ0) is 8.27. The molecule has 0 spiro atoms. The minimum absolute atomic E-state index is 0.0138. The Morgan fingerprint density at radius 2 is 2.45 bits per heavy atom. The van der Waals surface area contributed by atoms with E-state index in [4.69, 9.17) is 4.84 Å². The summed E-state index contributed by atoms with van der Waals surface area (Å²) in [5.41, 5.74) is 0. The lowest BCUT2D eigenvalue weighted by Gasteiger charge is -2.03. The van der Waals surface area contributed by atoms with Gasteiger partial charge in [-0.2, -0.15) is 0 Å². The van der Waals surface area contributed by atoms with Crippen LogP contribution in [0.3, 0.4) is 0 Å². The zero-order valence-corrected chi connectivity index (χ0v) is 7.66. The summed E-state index contributed by atoms with van der Waals surface area (Å²) >= 11 is 0. The molecule has 0 radical (unpaired) electrons. The topological polar surface area (TPSA) is 57.8 Å². The number of hydrogen-bond acceptors (Lipinski definition) is 2. The summed E-state index contributed by atoms with van der Waals surface area (Å²) in [5.74, 6) is 0.941. The van der Waals surface area contributed by atoms with Crippen LogP contribution in [0.15, 0.2) is 5.38 Å². The first kappa shape index (κ1) is 8.06. The van der Waals surface area contributed by atoms with Gasteiger partial charge in [0.05, 0.1) is 10.7 Å². The highest BCUT2D eigenvalue weighted by molar-refractivity contribution is 7.22. The number of rotatable bonds is 2. The summed E-state index contributed by atoms with van der Waals surface area (Å²) in [7, 11) is 3.46. The molecule has 0 saturated carbocycles. The standard InChI is InChI=1S/C5H13N4OS/c1-6-5-4-11(3)8-9(7-5)10-2/h4,6-8H,1-3H3/q+1. The molecule has 6 heteroatoms. The van der Waals surface area contributed by atoms with Crippen molar-refractivity contribution in [3.63, 3.8) is 0 Å². The first-order valence-corrected chi connectivity index (χ1v) is 4.87. The van der Waals surface area contributed by atoms with Crippen molar-refractivity contribution in [3.8, 4) is 0 Å². The molecule has 3 N–H and O–H groups in total. The number of aryl methyl sites for hydroxylation is 1. The number of hydrogen-bond donors (Lipinski definition) is 3. The Bertz CT molecular complexity index is 232. The minimum atomic E-state index is 0.0138. The summed E-state index contributed by atoms with van der Waals surface area (Å²) in [6.07, 6.45) is 2.06. The molecule has 0 bridgehead atoms. The molecule has 1 heterocycles. The number of aromatic amines is 2. The van der Waals surface area contributed by atoms with E-state index in [2.05, 4.69) is 26.5 Å². The van der Waals surface area contributed by atoms with Crippen LogP contribution < -0.4 is 10.2 Å². The van der Waals surface area contributed by atoms with Gasteiger partial charge in [-0.05, 0) is 4.96 Å². The van der Waals surface area contributed by atoms with E-state index in [-0.39, 0.29) is 10.7 Å².